The number of allylic oxidation sites excluding steroid dienone is 7. The molecule has 2 atom stereocenters. The molecule has 0 spiro atoms. The van der Waals surface area contributed by atoms with Crippen molar-refractivity contribution < 1.29 is 28.7 Å². The van der Waals surface area contributed by atoms with Gasteiger partial charge in [-0.2, -0.15) is 0 Å². The summed E-state index contributed by atoms with van der Waals surface area (Å²) in [4.78, 5) is 56.7. The first kappa shape index (κ1) is 48.6. The third-order valence-corrected chi connectivity index (χ3v) is 10.2. The van der Waals surface area contributed by atoms with Crippen molar-refractivity contribution in [1.82, 2.24) is 10.6 Å². The van der Waals surface area contributed by atoms with E-state index in [1.165, 1.54) is 30.1 Å². The lowest BCUT2D eigenvalue weighted by Gasteiger charge is -2.39. The molecule has 0 saturated heterocycles. The van der Waals surface area contributed by atoms with E-state index in [0.29, 0.717) is 13.1 Å². The van der Waals surface area contributed by atoms with Gasteiger partial charge < -0.3 is 20.1 Å². The highest BCUT2D eigenvalue weighted by Gasteiger charge is 2.59. The highest BCUT2D eigenvalue weighted by atomic mass is 16.5. The lowest BCUT2D eigenvalue weighted by atomic mass is 9.64. The molecule has 2 N–H and O–H groups in total. The average molecular weight is 753 g/mol. The van der Waals surface area contributed by atoms with Gasteiger partial charge in [0.1, 0.15) is 13.2 Å². The molecule has 0 aromatic rings. The number of hydrogen-bond acceptors (Lipinski definition) is 6. The predicted octanol–water partition coefficient (Wildman–Crippen LogP) is 10.7. The number of unbranched alkanes of at least 4 members (excludes halogenated alkanes) is 10. The van der Waals surface area contributed by atoms with Crippen LogP contribution in [0.2, 0.25) is 0 Å². The van der Waals surface area contributed by atoms with Gasteiger partial charge in [0.15, 0.2) is 10.8 Å². The standard InChI is InChI=1S/C46H76N2O6/c1-9-11-13-15-17-19-32-47-41(49)45(43(51)53-34-28-39(7)26-21-24-37(3)4)30-23-31-46(36-45,42(50)48-33-20-18-16-14-12-10-2)44(52)54-35-29-40(8)27-22-25-38(5)6/h23-25,28-30H,9-22,26-27,31-36H2,1-8H3,(H,47,49)(H,48,50). The molecule has 0 fully saturated rings. The average Bonchev–Trinajstić information content (AvgIpc) is 3.13. The first-order chi connectivity index (χ1) is 25.8. The van der Waals surface area contributed by atoms with Crippen molar-refractivity contribution in [2.45, 2.75) is 171 Å². The minimum absolute atomic E-state index is 0.00580. The molecule has 0 radical (unpaired) electrons. The number of carbonyl (C=O) groups is 4. The van der Waals surface area contributed by atoms with Crippen molar-refractivity contribution in [1.29, 1.82) is 0 Å². The molecule has 0 aromatic heterocycles. The molecule has 0 aromatic carbocycles. The molecule has 1 aliphatic rings. The summed E-state index contributed by atoms with van der Waals surface area (Å²) in [6, 6.07) is 0. The number of ether oxygens (including phenoxy) is 2. The fourth-order valence-corrected chi connectivity index (χ4v) is 6.59. The zero-order valence-electron chi connectivity index (χ0n) is 35.5. The van der Waals surface area contributed by atoms with Gasteiger partial charge in [0, 0.05) is 19.5 Å². The number of nitrogens with one attached hydrogen (secondary N) is 2. The second-order valence-electron chi connectivity index (χ2n) is 15.8. The van der Waals surface area contributed by atoms with Crippen molar-refractivity contribution in [3.63, 3.8) is 0 Å². The molecule has 0 aliphatic heterocycles. The van der Waals surface area contributed by atoms with Gasteiger partial charge in [-0.05, 0) is 98.6 Å². The predicted molar refractivity (Wildman–Crippen MR) is 223 cm³/mol. The maximum Gasteiger partial charge on any atom is 0.325 e. The molecule has 0 bridgehead atoms. The van der Waals surface area contributed by atoms with E-state index in [0.717, 1.165) is 101 Å². The van der Waals surface area contributed by atoms with Crippen LogP contribution >= 0.6 is 0 Å². The Labute approximate surface area is 329 Å². The minimum atomic E-state index is -1.88. The van der Waals surface area contributed by atoms with Crippen LogP contribution in [-0.2, 0) is 28.7 Å². The van der Waals surface area contributed by atoms with Crippen LogP contribution < -0.4 is 10.6 Å². The molecular weight excluding hydrogens is 677 g/mol. The van der Waals surface area contributed by atoms with E-state index < -0.39 is 34.6 Å². The van der Waals surface area contributed by atoms with Crippen molar-refractivity contribution in [2.24, 2.45) is 10.8 Å². The Hall–Kier alpha value is -3.42. The summed E-state index contributed by atoms with van der Waals surface area (Å²) in [5.74, 6) is -2.59. The Kier molecular flexibility index (Phi) is 25.3. The molecule has 54 heavy (non-hydrogen) atoms. The molecule has 2 unspecified atom stereocenters. The van der Waals surface area contributed by atoms with Crippen molar-refractivity contribution in [3.05, 3.63) is 58.7 Å². The van der Waals surface area contributed by atoms with Crippen LogP contribution in [0.4, 0.5) is 0 Å². The summed E-state index contributed by atoms with van der Waals surface area (Å²) in [6.07, 6.45) is 26.8. The number of carbonyl (C=O) groups excluding carboxylic acids is 4. The van der Waals surface area contributed by atoms with Crippen LogP contribution in [0, 0.1) is 10.8 Å². The summed E-state index contributed by atoms with van der Waals surface area (Å²) in [6.45, 7) is 17.3. The number of rotatable bonds is 28. The van der Waals surface area contributed by atoms with Crippen LogP contribution in [0.25, 0.3) is 0 Å². The normalized spacial score (nSPS) is 18.4. The summed E-state index contributed by atoms with van der Waals surface area (Å²) in [5.41, 5.74) is 0.969. The van der Waals surface area contributed by atoms with E-state index in [1.54, 1.807) is 6.08 Å². The van der Waals surface area contributed by atoms with Gasteiger partial charge in [-0.15, -0.1) is 0 Å². The van der Waals surface area contributed by atoms with E-state index in [9.17, 15) is 19.2 Å². The first-order valence-electron chi connectivity index (χ1n) is 21.0. The molecule has 1 rings (SSSR count). The second kappa shape index (κ2) is 28.1. The summed E-state index contributed by atoms with van der Waals surface area (Å²) in [5, 5.41) is 5.96. The van der Waals surface area contributed by atoms with Gasteiger partial charge in [0.25, 0.3) is 0 Å². The number of amides is 2. The minimum Gasteiger partial charge on any atom is -0.461 e. The molecule has 0 saturated carbocycles. The van der Waals surface area contributed by atoms with Gasteiger partial charge in [-0.3, -0.25) is 19.2 Å². The van der Waals surface area contributed by atoms with E-state index in [1.807, 2.05) is 26.0 Å². The lowest BCUT2D eigenvalue weighted by molar-refractivity contribution is -0.168. The van der Waals surface area contributed by atoms with E-state index >= 15 is 0 Å². The Morgan fingerprint density at radius 2 is 1.04 bits per heavy atom. The second-order valence-corrected chi connectivity index (χ2v) is 15.8. The van der Waals surface area contributed by atoms with Crippen molar-refractivity contribution in [2.75, 3.05) is 26.3 Å². The summed E-state index contributed by atoms with van der Waals surface area (Å²) < 4.78 is 11.6. The zero-order valence-corrected chi connectivity index (χ0v) is 35.5. The molecule has 306 valence electrons. The van der Waals surface area contributed by atoms with Crippen LogP contribution in [0.1, 0.15) is 171 Å². The fourth-order valence-electron chi connectivity index (χ4n) is 6.59. The highest BCUT2D eigenvalue weighted by molar-refractivity contribution is 6.09. The summed E-state index contributed by atoms with van der Waals surface area (Å²) >= 11 is 0. The smallest absolute Gasteiger partial charge is 0.325 e. The highest BCUT2D eigenvalue weighted by Crippen LogP contribution is 2.45. The van der Waals surface area contributed by atoms with Crippen molar-refractivity contribution in [3.8, 4) is 0 Å². The largest absolute Gasteiger partial charge is 0.461 e. The molecule has 8 nitrogen and oxygen atoms in total. The molecule has 0 heterocycles. The number of esters is 2. The lowest BCUT2D eigenvalue weighted by Crippen LogP contribution is -2.57. The van der Waals surface area contributed by atoms with Gasteiger partial charge in [0.2, 0.25) is 11.8 Å². The Bertz CT molecular complexity index is 1300. The maximum absolute atomic E-state index is 14.2. The topological polar surface area (TPSA) is 111 Å². The van der Waals surface area contributed by atoms with Crippen LogP contribution in [-0.4, -0.2) is 50.1 Å². The van der Waals surface area contributed by atoms with Gasteiger partial charge in [0.05, 0.1) is 0 Å². The Morgan fingerprint density at radius 3 is 1.52 bits per heavy atom. The van der Waals surface area contributed by atoms with E-state index in [2.05, 4.69) is 64.3 Å². The fraction of sp³-hybridized carbons (Fsp3) is 0.696. The molecule has 8 heteroatoms. The Morgan fingerprint density at radius 1 is 0.593 bits per heavy atom. The Balaban J connectivity index is 3.38. The monoisotopic (exact) mass is 753 g/mol. The third kappa shape index (κ3) is 18.8. The van der Waals surface area contributed by atoms with Gasteiger partial charge >= 0.3 is 11.9 Å². The number of hydrogen-bond donors (Lipinski definition) is 2. The summed E-state index contributed by atoms with van der Waals surface area (Å²) in [7, 11) is 0. The van der Waals surface area contributed by atoms with Gasteiger partial charge in [-0.25, -0.2) is 0 Å². The molecule has 2 amide bonds. The van der Waals surface area contributed by atoms with Crippen LogP contribution in [0.5, 0.6) is 0 Å². The quantitative estimate of drug-likeness (QED) is 0.0356. The third-order valence-electron chi connectivity index (χ3n) is 10.2. The first-order valence-corrected chi connectivity index (χ1v) is 21.0. The zero-order chi connectivity index (χ0) is 40.2. The maximum atomic E-state index is 14.2. The van der Waals surface area contributed by atoms with E-state index in [4.69, 9.17) is 9.47 Å². The van der Waals surface area contributed by atoms with Crippen LogP contribution in [0.15, 0.2) is 58.7 Å². The van der Waals surface area contributed by atoms with E-state index in [-0.39, 0.29) is 26.1 Å². The van der Waals surface area contributed by atoms with Crippen LogP contribution in [0.3, 0.4) is 0 Å². The van der Waals surface area contributed by atoms with Crippen molar-refractivity contribution >= 4 is 23.8 Å². The SMILES string of the molecule is CCCCCCCCNC(=O)C1(C(=O)OCC=C(C)CCC=C(C)C)C=CCC(C(=O)NCCCCCCCC)(C(=O)OCC=C(C)CCC=C(C)C)C1. The molecular formula is C46H76N2O6. The van der Waals surface area contributed by atoms with Gasteiger partial charge in [-0.1, -0.05) is 125 Å². The molecule has 1 aliphatic carbocycles.